The van der Waals surface area contributed by atoms with Crippen LogP contribution in [0.3, 0.4) is 0 Å². The molecule has 1 unspecified atom stereocenters. The number of benzene rings is 2. The molecule has 0 aromatic heterocycles. The molecule has 2 aromatic carbocycles. The molecule has 0 saturated heterocycles. The summed E-state index contributed by atoms with van der Waals surface area (Å²) < 4.78 is 5.15. The van der Waals surface area contributed by atoms with E-state index < -0.39 is 0 Å². The van der Waals surface area contributed by atoms with Gasteiger partial charge in [0.05, 0.1) is 12.8 Å². The third kappa shape index (κ3) is 4.06. The number of nitrogens with one attached hydrogen (secondary N) is 1. The molecule has 0 fully saturated rings. The van der Waals surface area contributed by atoms with Gasteiger partial charge in [-0.15, -0.1) is 0 Å². The molecule has 0 radical (unpaired) electrons. The fourth-order valence-corrected chi connectivity index (χ4v) is 2.77. The topological polar surface area (TPSA) is 67.6 Å². The number of carbonyl (C=O) groups excluding carboxylic acids is 1. The normalized spacial score (nSPS) is 12.0. The second-order valence-corrected chi connectivity index (χ2v) is 5.48. The zero-order chi connectivity index (χ0) is 17.5. The third-order valence-corrected chi connectivity index (χ3v) is 4.04. The first-order valence-corrected chi connectivity index (χ1v) is 8.14. The van der Waals surface area contributed by atoms with Gasteiger partial charge < -0.3 is 15.8 Å². The molecular weight excluding hydrogens is 302 g/mol. The summed E-state index contributed by atoms with van der Waals surface area (Å²) in [6.07, 6.45) is 0. The SMILES string of the molecule is CCN(CC)C(C(=O)Nc1ccc(OC)c(N)c1)c1ccccc1. The van der Waals surface area contributed by atoms with Crippen LogP contribution in [0.15, 0.2) is 48.5 Å². The van der Waals surface area contributed by atoms with Crippen LogP contribution < -0.4 is 15.8 Å². The van der Waals surface area contributed by atoms with Gasteiger partial charge in [0.1, 0.15) is 11.8 Å². The quantitative estimate of drug-likeness (QED) is 0.766. The van der Waals surface area contributed by atoms with Crippen molar-refractivity contribution in [2.24, 2.45) is 0 Å². The van der Waals surface area contributed by atoms with Gasteiger partial charge in [0, 0.05) is 5.69 Å². The molecule has 0 aliphatic heterocycles. The number of carbonyl (C=O) groups is 1. The molecule has 5 nitrogen and oxygen atoms in total. The first-order valence-electron chi connectivity index (χ1n) is 8.14. The lowest BCUT2D eigenvalue weighted by atomic mass is 10.0. The number of hydrogen-bond donors (Lipinski definition) is 2. The second-order valence-electron chi connectivity index (χ2n) is 5.48. The minimum Gasteiger partial charge on any atom is -0.495 e. The number of likely N-dealkylation sites (N-methyl/N-ethyl adjacent to an activating group) is 1. The van der Waals surface area contributed by atoms with Crippen molar-refractivity contribution in [2.75, 3.05) is 31.2 Å². The Bertz CT molecular complexity index is 670. The van der Waals surface area contributed by atoms with Crippen LogP contribution >= 0.6 is 0 Å². The lowest BCUT2D eigenvalue weighted by Gasteiger charge is -2.29. The Balaban J connectivity index is 2.26. The standard InChI is InChI=1S/C19H25N3O2/c1-4-22(5-2)18(14-9-7-6-8-10-14)19(23)21-15-11-12-17(24-3)16(20)13-15/h6-13,18H,4-5,20H2,1-3H3,(H,21,23). The van der Waals surface area contributed by atoms with Gasteiger partial charge in [-0.2, -0.15) is 0 Å². The van der Waals surface area contributed by atoms with Crippen molar-refractivity contribution in [2.45, 2.75) is 19.9 Å². The largest absolute Gasteiger partial charge is 0.495 e. The zero-order valence-electron chi connectivity index (χ0n) is 14.5. The Kier molecular flexibility index (Phi) is 6.21. The van der Waals surface area contributed by atoms with E-state index in [1.54, 1.807) is 25.3 Å². The lowest BCUT2D eigenvalue weighted by molar-refractivity contribution is -0.121. The summed E-state index contributed by atoms with van der Waals surface area (Å²) in [4.78, 5) is 15.0. The van der Waals surface area contributed by atoms with E-state index in [0.717, 1.165) is 18.7 Å². The lowest BCUT2D eigenvalue weighted by Crippen LogP contribution is -2.37. The minimum absolute atomic E-state index is 0.0746. The molecule has 24 heavy (non-hydrogen) atoms. The van der Waals surface area contributed by atoms with E-state index >= 15 is 0 Å². The predicted molar refractivity (Wildman–Crippen MR) is 98.1 cm³/mol. The summed E-state index contributed by atoms with van der Waals surface area (Å²) >= 11 is 0. The number of anilines is 2. The van der Waals surface area contributed by atoms with Gasteiger partial charge >= 0.3 is 0 Å². The highest BCUT2D eigenvalue weighted by molar-refractivity contribution is 5.96. The number of amides is 1. The van der Waals surface area contributed by atoms with E-state index in [9.17, 15) is 4.79 Å². The molecule has 2 rings (SSSR count). The molecule has 0 bridgehead atoms. The fraction of sp³-hybridized carbons (Fsp3) is 0.316. The summed E-state index contributed by atoms with van der Waals surface area (Å²) in [6.45, 7) is 5.68. The maximum Gasteiger partial charge on any atom is 0.246 e. The van der Waals surface area contributed by atoms with Crippen LogP contribution in [0.2, 0.25) is 0 Å². The van der Waals surface area contributed by atoms with Crippen LogP contribution in [-0.2, 0) is 4.79 Å². The first-order chi connectivity index (χ1) is 11.6. The van der Waals surface area contributed by atoms with E-state index in [0.29, 0.717) is 17.1 Å². The van der Waals surface area contributed by atoms with Gasteiger partial charge in [-0.3, -0.25) is 9.69 Å². The van der Waals surface area contributed by atoms with Gasteiger partial charge in [0.25, 0.3) is 0 Å². The molecule has 1 atom stereocenters. The van der Waals surface area contributed by atoms with Crippen molar-refractivity contribution in [1.29, 1.82) is 0 Å². The Hall–Kier alpha value is -2.53. The van der Waals surface area contributed by atoms with Crippen LogP contribution in [0, 0.1) is 0 Å². The first kappa shape index (κ1) is 17.8. The van der Waals surface area contributed by atoms with Crippen molar-refractivity contribution < 1.29 is 9.53 Å². The number of nitrogen functional groups attached to an aromatic ring is 1. The molecule has 0 aliphatic rings. The van der Waals surface area contributed by atoms with Crippen molar-refractivity contribution in [1.82, 2.24) is 4.90 Å². The minimum atomic E-state index is -0.343. The van der Waals surface area contributed by atoms with Crippen molar-refractivity contribution >= 4 is 17.3 Å². The summed E-state index contributed by atoms with van der Waals surface area (Å²) in [5, 5.41) is 2.97. The smallest absolute Gasteiger partial charge is 0.246 e. The van der Waals surface area contributed by atoms with Crippen molar-refractivity contribution in [3.8, 4) is 5.75 Å². The Morgan fingerprint density at radius 2 is 1.83 bits per heavy atom. The molecule has 128 valence electrons. The molecule has 0 heterocycles. The highest BCUT2D eigenvalue weighted by Crippen LogP contribution is 2.27. The number of nitrogens with zero attached hydrogens (tertiary/aromatic N) is 1. The molecule has 2 aromatic rings. The van der Waals surface area contributed by atoms with Crippen molar-refractivity contribution in [3.05, 3.63) is 54.1 Å². The van der Waals surface area contributed by atoms with E-state index in [4.69, 9.17) is 10.5 Å². The van der Waals surface area contributed by atoms with E-state index in [1.165, 1.54) is 0 Å². The highest BCUT2D eigenvalue weighted by Gasteiger charge is 2.25. The molecule has 0 saturated carbocycles. The highest BCUT2D eigenvalue weighted by atomic mass is 16.5. The predicted octanol–water partition coefficient (Wildman–Crippen LogP) is 3.30. The molecule has 0 spiro atoms. The molecule has 1 amide bonds. The molecule has 3 N–H and O–H groups in total. The third-order valence-electron chi connectivity index (χ3n) is 4.04. The van der Waals surface area contributed by atoms with E-state index in [1.807, 2.05) is 30.3 Å². The molecular formula is C19H25N3O2. The van der Waals surface area contributed by atoms with E-state index in [2.05, 4.69) is 24.1 Å². The summed E-state index contributed by atoms with van der Waals surface area (Å²) in [5.41, 5.74) is 8.05. The summed E-state index contributed by atoms with van der Waals surface area (Å²) in [7, 11) is 1.57. The Morgan fingerprint density at radius 3 is 2.38 bits per heavy atom. The molecule has 0 aliphatic carbocycles. The maximum atomic E-state index is 12.9. The Labute approximate surface area is 143 Å². The fourth-order valence-electron chi connectivity index (χ4n) is 2.77. The van der Waals surface area contributed by atoms with Gasteiger partial charge in [-0.05, 0) is 36.9 Å². The zero-order valence-corrected chi connectivity index (χ0v) is 14.5. The average Bonchev–Trinajstić information content (AvgIpc) is 2.60. The van der Waals surface area contributed by atoms with Crippen LogP contribution in [0.1, 0.15) is 25.5 Å². The van der Waals surface area contributed by atoms with Crippen LogP contribution in [0.25, 0.3) is 0 Å². The van der Waals surface area contributed by atoms with Gasteiger partial charge in [-0.25, -0.2) is 0 Å². The number of nitrogens with two attached hydrogens (primary N) is 1. The number of rotatable bonds is 7. The van der Waals surface area contributed by atoms with Crippen LogP contribution in [0.5, 0.6) is 5.75 Å². The summed E-state index contributed by atoms with van der Waals surface area (Å²) in [5.74, 6) is 0.519. The number of ether oxygens (including phenoxy) is 1. The number of methoxy groups -OCH3 is 1. The van der Waals surface area contributed by atoms with Gasteiger partial charge in [-0.1, -0.05) is 44.2 Å². The molecule has 5 heteroatoms. The second kappa shape index (κ2) is 8.36. The van der Waals surface area contributed by atoms with Crippen LogP contribution in [0.4, 0.5) is 11.4 Å². The monoisotopic (exact) mass is 327 g/mol. The average molecular weight is 327 g/mol. The van der Waals surface area contributed by atoms with E-state index in [-0.39, 0.29) is 11.9 Å². The van der Waals surface area contributed by atoms with Crippen molar-refractivity contribution in [3.63, 3.8) is 0 Å². The maximum absolute atomic E-state index is 12.9. The van der Waals surface area contributed by atoms with Gasteiger partial charge in [0.15, 0.2) is 0 Å². The summed E-state index contributed by atoms with van der Waals surface area (Å²) in [6, 6.07) is 14.7. The van der Waals surface area contributed by atoms with Crippen LogP contribution in [-0.4, -0.2) is 31.0 Å². The Morgan fingerprint density at radius 1 is 1.17 bits per heavy atom. The number of hydrogen-bond acceptors (Lipinski definition) is 4. The van der Waals surface area contributed by atoms with Gasteiger partial charge in [0.2, 0.25) is 5.91 Å².